The maximum Gasteiger partial charge on any atom is 0.242 e. The fourth-order valence-corrected chi connectivity index (χ4v) is 1.92. The van der Waals surface area contributed by atoms with Gasteiger partial charge in [0.1, 0.15) is 0 Å². The maximum absolute atomic E-state index is 12.2. The second-order valence-electron chi connectivity index (χ2n) is 4.71. The van der Waals surface area contributed by atoms with E-state index in [2.05, 4.69) is 5.32 Å². The summed E-state index contributed by atoms with van der Waals surface area (Å²) in [6, 6.07) is 0.0128. The highest BCUT2D eigenvalue weighted by molar-refractivity contribution is 5.85. The van der Waals surface area contributed by atoms with Crippen molar-refractivity contribution in [2.45, 2.75) is 44.7 Å². The molecule has 2 N–H and O–H groups in total. The molecule has 1 aliphatic heterocycles. The molecular formula is C11H22N2O2. The lowest BCUT2D eigenvalue weighted by Crippen LogP contribution is -2.57. The van der Waals surface area contributed by atoms with E-state index in [0.29, 0.717) is 0 Å². The number of rotatable bonds is 3. The molecular weight excluding hydrogens is 192 g/mol. The van der Waals surface area contributed by atoms with Gasteiger partial charge in [-0.3, -0.25) is 4.79 Å². The minimum absolute atomic E-state index is 0.0128. The summed E-state index contributed by atoms with van der Waals surface area (Å²) in [6.07, 6.45) is 3.07. The van der Waals surface area contributed by atoms with Gasteiger partial charge in [-0.1, -0.05) is 0 Å². The number of likely N-dealkylation sites (tertiary alicyclic amines) is 1. The number of aliphatic hydroxyl groups is 1. The normalized spacial score (nSPS) is 22.9. The highest BCUT2D eigenvalue weighted by atomic mass is 16.3. The van der Waals surface area contributed by atoms with E-state index in [1.807, 2.05) is 18.7 Å². The average molecular weight is 214 g/mol. The minimum Gasteiger partial charge on any atom is -0.394 e. The SMILES string of the molecule is CNC(C)(C)C(=O)N1CCCCC1CO. The highest BCUT2D eigenvalue weighted by Crippen LogP contribution is 2.20. The smallest absolute Gasteiger partial charge is 0.242 e. The Labute approximate surface area is 91.6 Å². The van der Waals surface area contributed by atoms with Crippen LogP contribution in [0.25, 0.3) is 0 Å². The molecule has 88 valence electrons. The Morgan fingerprint density at radius 2 is 2.20 bits per heavy atom. The molecule has 0 bridgehead atoms. The van der Waals surface area contributed by atoms with E-state index >= 15 is 0 Å². The lowest BCUT2D eigenvalue weighted by Gasteiger charge is -2.39. The third-order valence-corrected chi connectivity index (χ3v) is 3.26. The fraction of sp³-hybridized carbons (Fsp3) is 0.909. The van der Waals surface area contributed by atoms with E-state index in [1.54, 1.807) is 7.05 Å². The predicted octanol–water partition coefficient (Wildman–Crippen LogP) is 0.358. The Morgan fingerprint density at radius 3 is 2.73 bits per heavy atom. The van der Waals surface area contributed by atoms with Crippen LogP contribution in [0.3, 0.4) is 0 Å². The Balaban J connectivity index is 2.72. The van der Waals surface area contributed by atoms with E-state index in [1.165, 1.54) is 0 Å². The summed E-state index contributed by atoms with van der Waals surface area (Å²) in [5.74, 6) is 0.0868. The zero-order valence-electron chi connectivity index (χ0n) is 9.92. The van der Waals surface area contributed by atoms with Crippen LogP contribution in [-0.4, -0.2) is 47.7 Å². The molecule has 0 aromatic heterocycles. The number of piperidine rings is 1. The van der Waals surface area contributed by atoms with Crippen LogP contribution in [0.1, 0.15) is 33.1 Å². The summed E-state index contributed by atoms with van der Waals surface area (Å²) in [5.41, 5.74) is -0.537. The van der Waals surface area contributed by atoms with Crippen molar-refractivity contribution >= 4 is 5.91 Å². The molecule has 0 saturated carbocycles. The number of aliphatic hydroxyl groups excluding tert-OH is 1. The summed E-state index contributed by atoms with van der Waals surface area (Å²) in [7, 11) is 1.79. The number of carbonyl (C=O) groups is 1. The Kier molecular flexibility index (Phi) is 4.11. The van der Waals surface area contributed by atoms with Crippen molar-refractivity contribution in [1.82, 2.24) is 10.2 Å². The van der Waals surface area contributed by atoms with Gasteiger partial charge >= 0.3 is 0 Å². The van der Waals surface area contributed by atoms with Crippen LogP contribution < -0.4 is 5.32 Å². The number of hydrogen-bond acceptors (Lipinski definition) is 3. The Morgan fingerprint density at radius 1 is 1.53 bits per heavy atom. The van der Waals surface area contributed by atoms with E-state index in [0.717, 1.165) is 25.8 Å². The van der Waals surface area contributed by atoms with Crippen LogP contribution in [0.4, 0.5) is 0 Å². The molecule has 1 heterocycles. The van der Waals surface area contributed by atoms with Gasteiger partial charge < -0.3 is 15.3 Å². The molecule has 0 aromatic carbocycles. The lowest BCUT2D eigenvalue weighted by molar-refractivity contribution is -0.141. The van der Waals surface area contributed by atoms with Gasteiger partial charge in [0, 0.05) is 6.54 Å². The first kappa shape index (κ1) is 12.5. The van der Waals surface area contributed by atoms with Crippen molar-refractivity contribution in [2.75, 3.05) is 20.2 Å². The van der Waals surface area contributed by atoms with Crippen molar-refractivity contribution in [1.29, 1.82) is 0 Å². The van der Waals surface area contributed by atoms with Crippen molar-refractivity contribution < 1.29 is 9.90 Å². The monoisotopic (exact) mass is 214 g/mol. The Hall–Kier alpha value is -0.610. The number of nitrogens with zero attached hydrogens (tertiary/aromatic N) is 1. The molecule has 1 atom stereocenters. The molecule has 1 amide bonds. The molecule has 0 radical (unpaired) electrons. The summed E-state index contributed by atoms with van der Waals surface area (Å²) in [4.78, 5) is 14.0. The first-order valence-electron chi connectivity index (χ1n) is 5.63. The van der Waals surface area contributed by atoms with Gasteiger partial charge in [0.25, 0.3) is 0 Å². The summed E-state index contributed by atoms with van der Waals surface area (Å²) in [6.45, 7) is 4.59. The van der Waals surface area contributed by atoms with E-state index in [4.69, 9.17) is 0 Å². The van der Waals surface area contributed by atoms with Gasteiger partial charge in [-0.2, -0.15) is 0 Å². The third kappa shape index (κ3) is 2.69. The van der Waals surface area contributed by atoms with Crippen LogP contribution in [-0.2, 0) is 4.79 Å². The number of amides is 1. The lowest BCUT2D eigenvalue weighted by atomic mass is 9.97. The van der Waals surface area contributed by atoms with Gasteiger partial charge in [-0.15, -0.1) is 0 Å². The molecule has 1 fully saturated rings. The molecule has 0 spiro atoms. The molecule has 1 saturated heterocycles. The van der Waals surface area contributed by atoms with Gasteiger partial charge in [0.15, 0.2) is 0 Å². The fourth-order valence-electron chi connectivity index (χ4n) is 1.92. The standard InChI is InChI=1S/C11H22N2O2/c1-11(2,12-3)10(15)13-7-5-4-6-9(13)8-14/h9,12,14H,4-8H2,1-3H3. The van der Waals surface area contributed by atoms with Crippen molar-refractivity contribution in [3.8, 4) is 0 Å². The van der Waals surface area contributed by atoms with Crippen LogP contribution >= 0.6 is 0 Å². The van der Waals surface area contributed by atoms with E-state index in [9.17, 15) is 9.90 Å². The van der Waals surface area contributed by atoms with Gasteiger partial charge in [0.2, 0.25) is 5.91 Å². The van der Waals surface area contributed by atoms with Gasteiger partial charge in [-0.05, 0) is 40.2 Å². The largest absolute Gasteiger partial charge is 0.394 e. The minimum atomic E-state index is -0.537. The van der Waals surface area contributed by atoms with Gasteiger partial charge in [-0.25, -0.2) is 0 Å². The van der Waals surface area contributed by atoms with Crippen LogP contribution in [0.15, 0.2) is 0 Å². The molecule has 0 aliphatic carbocycles. The molecule has 0 aromatic rings. The summed E-state index contributed by atoms with van der Waals surface area (Å²) < 4.78 is 0. The summed E-state index contributed by atoms with van der Waals surface area (Å²) in [5, 5.41) is 12.2. The molecule has 15 heavy (non-hydrogen) atoms. The highest BCUT2D eigenvalue weighted by Gasteiger charge is 2.35. The van der Waals surface area contributed by atoms with Crippen molar-refractivity contribution in [3.63, 3.8) is 0 Å². The van der Waals surface area contributed by atoms with Gasteiger partial charge in [0.05, 0.1) is 18.2 Å². The van der Waals surface area contributed by atoms with Crippen LogP contribution in [0, 0.1) is 0 Å². The van der Waals surface area contributed by atoms with Crippen molar-refractivity contribution in [2.24, 2.45) is 0 Å². The first-order chi connectivity index (χ1) is 7.03. The number of nitrogens with one attached hydrogen (secondary N) is 1. The molecule has 1 rings (SSSR count). The molecule has 1 unspecified atom stereocenters. The number of carbonyl (C=O) groups excluding carboxylic acids is 1. The third-order valence-electron chi connectivity index (χ3n) is 3.26. The summed E-state index contributed by atoms with van der Waals surface area (Å²) >= 11 is 0. The second-order valence-corrected chi connectivity index (χ2v) is 4.71. The van der Waals surface area contributed by atoms with Crippen molar-refractivity contribution in [3.05, 3.63) is 0 Å². The Bertz CT molecular complexity index is 229. The molecule has 4 heteroatoms. The average Bonchev–Trinajstić information content (AvgIpc) is 2.28. The zero-order valence-corrected chi connectivity index (χ0v) is 9.92. The quantitative estimate of drug-likeness (QED) is 0.713. The van der Waals surface area contributed by atoms with Crippen LogP contribution in [0.2, 0.25) is 0 Å². The number of likely N-dealkylation sites (N-methyl/N-ethyl adjacent to an activating group) is 1. The number of hydrogen-bond donors (Lipinski definition) is 2. The van der Waals surface area contributed by atoms with E-state index in [-0.39, 0.29) is 18.6 Å². The molecule has 1 aliphatic rings. The maximum atomic E-state index is 12.2. The molecule has 4 nitrogen and oxygen atoms in total. The first-order valence-corrected chi connectivity index (χ1v) is 5.63. The van der Waals surface area contributed by atoms with E-state index < -0.39 is 5.54 Å². The topological polar surface area (TPSA) is 52.6 Å². The van der Waals surface area contributed by atoms with Crippen LogP contribution in [0.5, 0.6) is 0 Å². The predicted molar refractivity (Wildman–Crippen MR) is 59.6 cm³/mol. The zero-order chi connectivity index (χ0) is 11.5. The second kappa shape index (κ2) is 4.94.